The summed E-state index contributed by atoms with van der Waals surface area (Å²) in [7, 11) is 2.89. The lowest BCUT2D eigenvalue weighted by Crippen LogP contribution is -2.27. The normalized spacial score (nSPS) is 10.9. The number of hydrogen-bond acceptors (Lipinski definition) is 6. The number of benzene rings is 3. The van der Waals surface area contributed by atoms with E-state index in [9.17, 15) is 14.9 Å². The quantitative estimate of drug-likeness (QED) is 0.325. The van der Waals surface area contributed by atoms with E-state index in [2.05, 4.69) is 5.32 Å². The number of nitro benzene ring substituents is 1. The molecule has 1 heterocycles. The second kappa shape index (κ2) is 8.97. The largest absolute Gasteiger partial charge is 0.493 e. The number of nitrogens with one attached hydrogen (secondary N) is 1. The third-order valence-corrected chi connectivity index (χ3v) is 5.39. The first-order valence-electron chi connectivity index (χ1n) is 10.1. The van der Waals surface area contributed by atoms with Crippen molar-refractivity contribution in [2.45, 2.75) is 12.8 Å². The van der Waals surface area contributed by atoms with E-state index in [1.807, 2.05) is 36.4 Å². The van der Waals surface area contributed by atoms with E-state index in [1.54, 1.807) is 12.3 Å². The lowest BCUT2D eigenvalue weighted by Gasteiger charge is -2.11. The van der Waals surface area contributed by atoms with Crippen molar-refractivity contribution in [3.05, 3.63) is 76.0 Å². The summed E-state index contributed by atoms with van der Waals surface area (Å²) in [6.07, 6.45) is 2.03. The Morgan fingerprint density at radius 1 is 1.06 bits per heavy atom. The zero-order valence-corrected chi connectivity index (χ0v) is 17.7. The Balaban J connectivity index is 1.48. The van der Waals surface area contributed by atoms with Gasteiger partial charge in [-0.05, 0) is 29.3 Å². The number of furan rings is 1. The monoisotopic (exact) mass is 434 g/mol. The Morgan fingerprint density at radius 2 is 1.81 bits per heavy atom. The molecule has 32 heavy (non-hydrogen) atoms. The molecule has 164 valence electrons. The fourth-order valence-electron chi connectivity index (χ4n) is 3.86. The van der Waals surface area contributed by atoms with Crippen LogP contribution in [0.2, 0.25) is 0 Å². The molecular formula is C24H22N2O6. The molecule has 1 aromatic heterocycles. The van der Waals surface area contributed by atoms with Crippen LogP contribution >= 0.6 is 0 Å². The number of nitrogens with zero attached hydrogens (tertiary/aromatic N) is 1. The lowest BCUT2D eigenvalue weighted by atomic mass is 10.0. The smallest absolute Gasteiger partial charge is 0.276 e. The first-order valence-corrected chi connectivity index (χ1v) is 10.1. The van der Waals surface area contributed by atoms with E-state index < -0.39 is 4.92 Å². The molecule has 0 atom stereocenters. The van der Waals surface area contributed by atoms with Gasteiger partial charge in [0.25, 0.3) is 5.69 Å². The Bertz CT molecular complexity index is 1310. The van der Waals surface area contributed by atoms with Crippen molar-refractivity contribution in [2.24, 2.45) is 0 Å². The van der Waals surface area contributed by atoms with Crippen molar-refractivity contribution in [1.82, 2.24) is 5.32 Å². The summed E-state index contributed by atoms with van der Waals surface area (Å²) < 4.78 is 16.0. The van der Waals surface area contributed by atoms with E-state index in [0.29, 0.717) is 11.3 Å². The lowest BCUT2D eigenvalue weighted by molar-refractivity contribution is -0.385. The fraction of sp³-hybridized carbons (Fsp3) is 0.208. The summed E-state index contributed by atoms with van der Waals surface area (Å²) >= 11 is 0. The fourth-order valence-corrected chi connectivity index (χ4v) is 3.86. The van der Waals surface area contributed by atoms with Gasteiger partial charge in [0.15, 0.2) is 11.5 Å². The van der Waals surface area contributed by atoms with E-state index in [4.69, 9.17) is 13.9 Å². The highest BCUT2D eigenvalue weighted by molar-refractivity contribution is 6.08. The van der Waals surface area contributed by atoms with Crippen LogP contribution in [0.5, 0.6) is 11.5 Å². The summed E-state index contributed by atoms with van der Waals surface area (Å²) in [6, 6.07) is 14.7. The molecule has 4 rings (SSSR count). The predicted octanol–water partition coefficient (Wildman–Crippen LogP) is 4.41. The molecule has 0 fully saturated rings. The summed E-state index contributed by atoms with van der Waals surface area (Å²) in [5, 5.41) is 17.3. The van der Waals surface area contributed by atoms with Crippen LogP contribution in [0, 0.1) is 10.1 Å². The Morgan fingerprint density at radius 3 is 2.56 bits per heavy atom. The van der Waals surface area contributed by atoms with Gasteiger partial charge >= 0.3 is 0 Å². The van der Waals surface area contributed by atoms with Gasteiger partial charge in [-0.25, -0.2) is 0 Å². The van der Waals surface area contributed by atoms with Crippen LogP contribution in [0.4, 0.5) is 5.69 Å². The molecule has 1 amide bonds. The van der Waals surface area contributed by atoms with Crippen molar-refractivity contribution in [3.8, 4) is 11.5 Å². The average Bonchev–Trinajstić information content (AvgIpc) is 3.21. The molecular weight excluding hydrogens is 412 g/mol. The number of nitro groups is 1. The maximum atomic E-state index is 12.6. The molecule has 4 aromatic rings. The van der Waals surface area contributed by atoms with Crippen molar-refractivity contribution in [2.75, 3.05) is 20.8 Å². The first kappa shape index (κ1) is 21.2. The molecule has 0 saturated heterocycles. The standard InChI is InChI=1S/C24H22N2O6/c1-30-21-11-16(19(26(28)29)13-22(21)31-2)9-10-25-23(27)12-17-14-32-20-8-7-15-5-3-4-6-18(15)24(17)20/h3-8,11,13-14H,9-10,12H2,1-2H3,(H,25,27). The SMILES string of the molecule is COc1cc(CCNC(=O)Cc2coc3ccc4ccccc4c23)c([N+](=O)[O-])cc1OC. The number of carbonyl (C=O) groups is 1. The number of carbonyl (C=O) groups excluding carboxylic acids is 1. The second-order valence-corrected chi connectivity index (χ2v) is 7.29. The molecule has 0 spiro atoms. The van der Waals surface area contributed by atoms with E-state index in [1.165, 1.54) is 20.3 Å². The van der Waals surface area contributed by atoms with Crippen molar-refractivity contribution in [1.29, 1.82) is 0 Å². The minimum absolute atomic E-state index is 0.0794. The molecule has 0 aliphatic heterocycles. The maximum absolute atomic E-state index is 12.6. The molecule has 8 nitrogen and oxygen atoms in total. The van der Waals surface area contributed by atoms with E-state index in [0.717, 1.165) is 27.3 Å². The third kappa shape index (κ3) is 4.07. The van der Waals surface area contributed by atoms with Crippen molar-refractivity contribution in [3.63, 3.8) is 0 Å². The van der Waals surface area contributed by atoms with Gasteiger partial charge < -0.3 is 19.2 Å². The number of rotatable bonds is 8. The average molecular weight is 434 g/mol. The summed E-state index contributed by atoms with van der Waals surface area (Å²) in [5.74, 6) is 0.492. The van der Waals surface area contributed by atoms with Crippen LogP contribution < -0.4 is 14.8 Å². The highest BCUT2D eigenvalue weighted by Gasteiger charge is 2.20. The third-order valence-electron chi connectivity index (χ3n) is 5.39. The van der Waals surface area contributed by atoms with Gasteiger partial charge in [-0.15, -0.1) is 0 Å². The van der Waals surface area contributed by atoms with E-state index in [-0.39, 0.29) is 36.7 Å². The van der Waals surface area contributed by atoms with Crippen LogP contribution in [0.25, 0.3) is 21.7 Å². The van der Waals surface area contributed by atoms with Gasteiger partial charge in [0.05, 0.1) is 37.9 Å². The highest BCUT2D eigenvalue weighted by Crippen LogP contribution is 2.34. The van der Waals surface area contributed by atoms with Crippen LogP contribution in [0.3, 0.4) is 0 Å². The van der Waals surface area contributed by atoms with Gasteiger partial charge in [0, 0.05) is 23.1 Å². The minimum atomic E-state index is -0.470. The molecule has 0 unspecified atom stereocenters. The number of ether oxygens (including phenoxy) is 2. The molecule has 0 aliphatic carbocycles. The van der Waals surface area contributed by atoms with Crippen LogP contribution in [-0.2, 0) is 17.6 Å². The molecule has 3 aromatic carbocycles. The van der Waals surface area contributed by atoms with Gasteiger partial charge in [-0.2, -0.15) is 0 Å². The first-order chi connectivity index (χ1) is 15.5. The summed E-state index contributed by atoms with van der Waals surface area (Å²) in [6.45, 7) is 0.242. The molecule has 8 heteroatoms. The van der Waals surface area contributed by atoms with Crippen LogP contribution in [0.1, 0.15) is 11.1 Å². The molecule has 0 radical (unpaired) electrons. The zero-order chi connectivity index (χ0) is 22.7. The van der Waals surface area contributed by atoms with Gasteiger partial charge in [0.1, 0.15) is 5.58 Å². The van der Waals surface area contributed by atoms with E-state index >= 15 is 0 Å². The molecule has 0 aliphatic rings. The summed E-state index contributed by atoms with van der Waals surface area (Å²) in [5.41, 5.74) is 1.90. The van der Waals surface area contributed by atoms with Crippen LogP contribution in [-0.4, -0.2) is 31.6 Å². The number of fused-ring (bicyclic) bond motifs is 3. The highest BCUT2D eigenvalue weighted by atomic mass is 16.6. The number of methoxy groups -OCH3 is 2. The van der Waals surface area contributed by atoms with Crippen molar-refractivity contribution < 1.29 is 23.6 Å². The maximum Gasteiger partial charge on any atom is 0.276 e. The zero-order valence-electron chi connectivity index (χ0n) is 17.7. The van der Waals surface area contributed by atoms with Crippen LogP contribution in [0.15, 0.2) is 59.2 Å². The minimum Gasteiger partial charge on any atom is -0.493 e. The number of hydrogen-bond donors (Lipinski definition) is 1. The van der Waals surface area contributed by atoms with Gasteiger partial charge in [-0.1, -0.05) is 30.3 Å². The van der Waals surface area contributed by atoms with Gasteiger partial charge in [0.2, 0.25) is 5.91 Å². The topological polar surface area (TPSA) is 104 Å². The predicted molar refractivity (Wildman–Crippen MR) is 120 cm³/mol. The Kier molecular flexibility index (Phi) is 5.93. The van der Waals surface area contributed by atoms with Gasteiger partial charge in [-0.3, -0.25) is 14.9 Å². The second-order valence-electron chi connectivity index (χ2n) is 7.29. The molecule has 0 bridgehead atoms. The number of amides is 1. The van der Waals surface area contributed by atoms with Crippen molar-refractivity contribution >= 4 is 33.3 Å². The Hall–Kier alpha value is -4.07. The Labute approximate surface area is 183 Å². The molecule has 1 N–H and O–H groups in total. The molecule has 0 saturated carbocycles. The summed E-state index contributed by atoms with van der Waals surface area (Å²) in [4.78, 5) is 23.6.